The maximum absolute atomic E-state index is 14.1. The van der Waals surface area contributed by atoms with Gasteiger partial charge in [-0.1, -0.05) is 68.4 Å². The first kappa shape index (κ1) is 26.7. The minimum Gasteiger partial charge on any atom is -0.497 e. The van der Waals surface area contributed by atoms with E-state index in [0.29, 0.717) is 11.4 Å². The number of anilines is 1. The fraction of sp³-hybridized carbons (Fsp3) is 0.333. The monoisotopic (exact) mass is 552 g/mol. The number of ether oxygens (including phenoxy) is 2. The number of hydrogen-bond donors (Lipinski definition) is 1. The second-order valence-electron chi connectivity index (χ2n) is 11.3. The normalized spacial score (nSPS) is 22.6. The molecule has 0 radical (unpaired) electrons. The van der Waals surface area contributed by atoms with Crippen LogP contribution in [0, 0.1) is 17.8 Å². The van der Waals surface area contributed by atoms with Crippen LogP contribution in [0.5, 0.6) is 5.75 Å². The SMILES string of the molecule is COc1cccc(NC(=O)COC(=O)[C@H](CC(C)C)N2C(=O)[C@@H]3C4c5ccccc5C(c5ccccc54)[C@@H]3C2=O)c1. The summed E-state index contributed by atoms with van der Waals surface area (Å²) < 4.78 is 10.6. The lowest BCUT2D eigenvalue weighted by molar-refractivity contribution is -0.160. The molecule has 3 aromatic carbocycles. The number of esters is 1. The minimum absolute atomic E-state index is 0.00694. The van der Waals surface area contributed by atoms with Crippen molar-refractivity contribution in [3.8, 4) is 5.75 Å². The summed E-state index contributed by atoms with van der Waals surface area (Å²) in [5.74, 6) is -3.12. The molecule has 7 rings (SSSR count). The van der Waals surface area contributed by atoms with Gasteiger partial charge < -0.3 is 14.8 Å². The molecular formula is C33H32N2O6. The molecule has 210 valence electrons. The number of carbonyl (C=O) groups is 4. The van der Waals surface area contributed by atoms with E-state index in [-0.39, 0.29) is 36.0 Å². The molecule has 3 atom stereocenters. The van der Waals surface area contributed by atoms with Crippen molar-refractivity contribution >= 4 is 29.4 Å². The van der Waals surface area contributed by atoms with Gasteiger partial charge in [0, 0.05) is 23.6 Å². The lowest BCUT2D eigenvalue weighted by Gasteiger charge is -2.45. The van der Waals surface area contributed by atoms with E-state index >= 15 is 0 Å². The summed E-state index contributed by atoms with van der Waals surface area (Å²) in [4.78, 5) is 55.5. The van der Waals surface area contributed by atoms with Crippen LogP contribution in [0.15, 0.2) is 72.8 Å². The van der Waals surface area contributed by atoms with Gasteiger partial charge in [0.1, 0.15) is 11.8 Å². The molecule has 1 N–H and O–H groups in total. The Morgan fingerprint density at radius 2 is 1.37 bits per heavy atom. The van der Waals surface area contributed by atoms with E-state index in [1.807, 2.05) is 62.4 Å². The predicted molar refractivity (Wildman–Crippen MR) is 151 cm³/mol. The second-order valence-corrected chi connectivity index (χ2v) is 11.3. The summed E-state index contributed by atoms with van der Waals surface area (Å²) in [6, 6.07) is 21.7. The third-order valence-corrected chi connectivity index (χ3v) is 8.46. The number of amides is 3. The third kappa shape index (κ3) is 4.47. The Hall–Kier alpha value is -4.46. The zero-order valence-electron chi connectivity index (χ0n) is 23.2. The van der Waals surface area contributed by atoms with Gasteiger partial charge in [0.15, 0.2) is 6.61 Å². The quantitative estimate of drug-likeness (QED) is 0.327. The van der Waals surface area contributed by atoms with Crippen molar-refractivity contribution in [2.45, 2.75) is 38.1 Å². The number of benzene rings is 3. The van der Waals surface area contributed by atoms with Gasteiger partial charge in [-0.05, 0) is 46.7 Å². The average molecular weight is 553 g/mol. The van der Waals surface area contributed by atoms with Crippen LogP contribution in [0.3, 0.4) is 0 Å². The Morgan fingerprint density at radius 1 is 0.829 bits per heavy atom. The predicted octanol–water partition coefficient (Wildman–Crippen LogP) is 4.48. The van der Waals surface area contributed by atoms with Crippen molar-refractivity contribution in [1.29, 1.82) is 0 Å². The number of hydrogen-bond acceptors (Lipinski definition) is 6. The van der Waals surface area contributed by atoms with Gasteiger partial charge in [-0.15, -0.1) is 0 Å². The van der Waals surface area contributed by atoms with Crippen LogP contribution in [0.2, 0.25) is 0 Å². The number of methoxy groups -OCH3 is 1. The van der Waals surface area contributed by atoms with Crippen LogP contribution in [-0.2, 0) is 23.9 Å². The number of carbonyl (C=O) groups excluding carboxylic acids is 4. The summed E-state index contributed by atoms with van der Waals surface area (Å²) in [5, 5.41) is 2.68. The van der Waals surface area contributed by atoms with Gasteiger partial charge in [0.05, 0.1) is 18.9 Å². The highest BCUT2D eigenvalue weighted by molar-refractivity contribution is 6.10. The van der Waals surface area contributed by atoms with Crippen molar-refractivity contribution in [2.75, 3.05) is 19.0 Å². The van der Waals surface area contributed by atoms with Crippen LogP contribution in [0.1, 0.15) is 54.4 Å². The number of imide groups is 1. The molecule has 1 aliphatic heterocycles. The molecule has 3 aliphatic carbocycles. The fourth-order valence-corrected chi connectivity index (χ4v) is 6.89. The highest BCUT2D eigenvalue weighted by atomic mass is 16.5. The largest absolute Gasteiger partial charge is 0.497 e. The topological polar surface area (TPSA) is 102 Å². The molecule has 1 saturated heterocycles. The van der Waals surface area contributed by atoms with Gasteiger partial charge in [-0.3, -0.25) is 19.3 Å². The van der Waals surface area contributed by atoms with Crippen LogP contribution in [0.4, 0.5) is 5.69 Å². The molecule has 0 unspecified atom stereocenters. The van der Waals surface area contributed by atoms with Gasteiger partial charge >= 0.3 is 5.97 Å². The Labute approximate surface area is 238 Å². The summed E-state index contributed by atoms with van der Waals surface area (Å²) in [5.41, 5.74) is 4.76. The van der Waals surface area contributed by atoms with E-state index in [1.165, 1.54) is 7.11 Å². The van der Waals surface area contributed by atoms with E-state index in [9.17, 15) is 19.2 Å². The molecule has 1 heterocycles. The molecule has 0 spiro atoms. The van der Waals surface area contributed by atoms with E-state index < -0.39 is 36.4 Å². The molecule has 4 aliphatic rings. The Balaban J connectivity index is 1.26. The number of likely N-dealkylation sites (tertiary alicyclic amines) is 1. The molecule has 8 nitrogen and oxygen atoms in total. The minimum atomic E-state index is -1.11. The molecule has 0 saturated carbocycles. The number of rotatable bonds is 8. The Morgan fingerprint density at radius 3 is 1.85 bits per heavy atom. The van der Waals surface area contributed by atoms with Crippen molar-refractivity contribution in [1.82, 2.24) is 4.90 Å². The first-order valence-electron chi connectivity index (χ1n) is 13.9. The lowest BCUT2D eigenvalue weighted by atomic mass is 9.55. The Bertz CT molecular complexity index is 1430. The Kier molecular flexibility index (Phi) is 6.85. The highest BCUT2D eigenvalue weighted by Gasteiger charge is 2.63. The summed E-state index contributed by atoms with van der Waals surface area (Å²) >= 11 is 0. The summed E-state index contributed by atoms with van der Waals surface area (Å²) in [7, 11) is 1.53. The first-order chi connectivity index (χ1) is 19.8. The molecule has 3 amide bonds. The standard InChI is InChI=1S/C33H32N2O6/c1-18(2)15-25(33(39)41-17-26(36)34-19-9-8-10-20(16-19)40-3)35-31(37)29-27-21-11-4-5-12-22(21)28(30(29)32(35)38)24-14-7-6-13-23(24)27/h4-14,16,18,25,27-30H,15,17H2,1-3H3,(H,34,36)/t25-,27?,28?,29-,30+/m0/s1. The van der Waals surface area contributed by atoms with Gasteiger partial charge in [0.25, 0.3) is 5.91 Å². The van der Waals surface area contributed by atoms with E-state index in [4.69, 9.17) is 9.47 Å². The van der Waals surface area contributed by atoms with Crippen molar-refractivity contribution in [3.05, 3.63) is 95.1 Å². The third-order valence-electron chi connectivity index (χ3n) is 8.46. The molecule has 2 bridgehead atoms. The zero-order valence-corrected chi connectivity index (χ0v) is 23.2. The molecule has 0 aromatic heterocycles. The van der Waals surface area contributed by atoms with Crippen LogP contribution in [0.25, 0.3) is 0 Å². The number of nitrogens with one attached hydrogen (secondary N) is 1. The smallest absolute Gasteiger partial charge is 0.329 e. The number of nitrogens with zero attached hydrogens (tertiary/aromatic N) is 1. The highest BCUT2D eigenvalue weighted by Crippen LogP contribution is 2.61. The molecular weight excluding hydrogens is 520 g/mol. The maximum atomic E-state index is 14.1. The van der Waals surface area contributed by atoms with Crippen molar-refractivity contribution in [3.63, 3.8) is 0 Å². The molecule has 8 heteroatoms. The van der Waals surface area contributed by atoms with E-state index in [1.54, 1.807) is 24.3 Å². The van der Waals surface area contributed by atoms with Crippen LogP contribution in [-0.4, -0.2) is 48.3 Å². The first-order valence-corrected chi connectivity index (χ1v) is 13.9. The van der Waals surface area contributed by atoms with Gasteiger partial charge in [-0.2, -0.15) is 0 Å². The average Bonchev–Trinajstić information content (AvgIpc) is 3.24. The molecule has 3 aromatic rings. The summed E-state index contributed by atoms with van der Waals surface area (Å²) in [6.45, 7) is 3.29. The molecule has 1 fully saturated rings. The molecule has 41 heavy (non-hydrogen) atoms. The lowest BCUT2D eigenvalue weighted by Crippen LogP contribution is -2.47. The van der Waals surface area contributed by atoms with Gasteiger partial charge in [0.2, 0.25) is 11.8 Å². The second kappa shape index (κ2) is 10.5. The van der Waals surface area contributed by atoms with E-state index in [2.05, 4.69) is 5.32 Å². The van der Waals surface area contributed by atoms with Crippen LogP contribution >= 0.6 is 0 Å². The van der Waals surface area contributed by atoms with Crippen molar-refractivity contribution < 1.29 is 28.7 Å². The van der Waals surface area contributed by atoms with E-state index in [0.717, 1.165) is 27.2 Å². The summed E-state index contributed by atoms with van der Waals surface area (Å²) in [6.07, 6.45) is 0.239. The van der Waals surface area contributed by atoms with Crippen molar-refractivity contribution in [2.24, 2.45) is 17.8 Å². The van der Waals surface area contributed by atoms with Gasteiger partial charge in [-0.25, -0.2) is 4.79 Å². The van der Waals surface area contributed by atoms with Crippen LogP contribution < -0.4 is 10.1 Å². The maximum Gasteiger partial charge on any atom is 0.329 e. The zero-order chi connectivity index (χ0) is 28.8. The fourth-order valence-electron chi connectivity index (χ4n) is 6.89.